The number of benzene rings is 1. The molecule has 0 radical (unpaired) electrons. The molecule has 1 heterocycles. The van der Waals surface area contributed by atoms with Gasteiger partial charge in [0.1, 0.15) is 5.82 Å². The number of nitrogens with zero attached hydrogens (tertiary/aromatic N) is 4. The summed E-state index contributed by atoms with van der Waals surface area (Å²) in [6.45, 7) is 6.95. The van der Waals surface area contributed by atoms with Crippen molar-refractivity contribution in [3.63, 3.8) is 0 Å². The molecule has 0 atom stereocenters. The standard InChI is InChI=1S/C22H32N4O2/c1-5-6-9-12-21(2)13-15-22(3,16-14-21)20-24-23-19(25(20)4)17-10-7-8-11-18(17)26(27)28/h7-8,10-11H,5-6,9,12-16H2,1-4H3. The molecular weight excluding hydrogens is 352 g/mol. The molecule has 0 unspecified atom stereocenters. The van der Waals surface area contributed by atoms with Crippen molar-refractivity contribution in [3.05, 3.63) is 40.2 Å². The SMILES string of the molecule is CCCCCC1(C)CCC(C)(c2nnc(-c3ccccc3[N+](=O)[O-])n2C)CC1. The normalized spacial score (nSPS) is 25.0. The second kappa shape index (κ2) is 8.02. The zero-order chi connectivity index (χ0) is 20.4. The fourth-order valence-electron chi connectivity index (χ4n) is 4.59. The first-order valence-corrected chi connectivity index (χ1v) is 10.4. The summed E-state index contributed by atoms with van der Waals surface area (Å²) in [6, 6.07) is 6.76. The van der Waals surface area contributed by atoms with Crippen molar-refractivity contribution in [1.82, 2.24) is 14.8 Å². The van der Waals surface area contributed by atoms with E-state index in [9.17, 15) is 10.1 Å². The molecule has 1 aromatic carbocycles. The summed E-state index contributed by atoms with van der Waals surface area (Å²) in [6.07, 6.45) is 9.75. The van der Waals surface area contributed by atoms with Crippen LogP contribution < -0.4 is 0 Å². The second-order valence-corrected chi connectivity index (χ2v) is 9.01. The number of rotatable bonds is 7. The van der Waals surface area contributed by atoms with Crippen LogP contribution in [-0.4, -0.2) is 19.7 Å². The highest BCUT2D eigenvalue weighted by atomic mass is 16.6. The molecule has 2 aromatic rings. The van der Waals surface area contributed by atoms with Gasteiger partial charge in [-0.3, -0.25) is 10.1 Å². The van der Waals surface area contributed by atoms with Crippen molar-refractivity contribution in [3.8, 4) is 11.4 Å². The minimum Gasteiger partial charge on any atom is -0.313 e. The average molecular weight is 385 g/mol. The Balaban J connectivity index is 1.82. The minimum atomic E-state index is -0.353. The molecule has 1 fully saturated rings. The smallest absolute Gasteiger partial charge is 0.280 e. The van der Waals surface area contributed by atoms with Gasteiger partial charge < -0.3 is 4.57 Å². The molecule has 6 heteroatoms. The number of unbranched alkanes of at least 4 members (excludes halogenated alkanes) is 2. The zero-order valence-electron chi connectivity index (χ0n) is 17.6. The van der Waals surface area contributed by atoms with Crippen molar-refractivity contribution < 1.29 is 4.92 Å². The van der Waals surface area contributed by atoms with E-state index >= 15 is 0 Å². The highest BCUT2D eigenvalue weighted by Crippen LogP contribution is 2.48. The van der Waals surface area contributed by atoms with E-state index in [1.807, 2.05) is 11.6 Å². The van der Waals surface area contributed by atoms with E-state index in [0.717, 1.165) is 18.7 Å². The number of hydrogen-bond acceptors (Lipinski definition) is 4. The largest absolute Gasteiger partial charge is 0.313 e. The molecule has 152 valence electrons. The summed E-state index contributed by atoms with van der Waals surface area (Å²) in [7, 11) is 1.93. The first kappa shape index (κ1) is 20.5. The molecule has 28 heavy (non-hydrogen) atoms. The lowest BCUT2D eigenvalue weighted by molar-refractivity contribution is -0.384. The second-order valence-electron chi connectivity index (χ2n) is 9.01. The van der Waals surface area contributed by atoms with Gasteiger partial charge in [0.2, 0.25) is 0 Å². The highest BCUT2D eigenvalue weighted by molar-refractivity contribution is 5.68. The number of nitro benzene ring substituents is 1. The fraction of sp³-hybridized carbons (Fsp3) is 0.636. The van der Waals surface area contributed by atoms with Crippen LogP contribution in [0.1, 0.15) is 78.0 Å². The maximum atomic E-state index is 11.4. The Kier molecular flexibility index (Phi) is 5.87. The third-order valence-electron chi connectivity index (χ3n) is 6.70. The molecule has 0 N–H and O–H groups in total. The summed E-state index contributed by atoms with van der Waals surface area (Å²) in [4.78, 5) is 11.1. The molecule has 0 spiro atoms. The Morgan fingerprint density at radius 3 is 2.43 bits per heavy atom. The lowest BCUT2D eigenvalue weighted by atomic mass is 9.63. The van der Waals surface area contributed by atoms with Gasteiger partial charge in [-0.2, -0.15) is 0 Å². The van der Waals surface area contributed by atoms with Crippen LogP contribution >= 0.6 is 0 Å². The van der Waals surface area contributed by atoms with Gasteiger partial charge in [0, 0.05) is 18.5 Å². The summed E-state index contributed by atoms with van der Waals surface area (Å²) < 4.78 is 1.96. The summed E-state index contributed by atoms with van der Waals surface area (Å²) >= 11 is 0. The number of hydrogen-bond donors (Lipinski definition) is 0. The maximum absolute atomic E-state index is 11.4. The van der Waals surface area contributed by atoms with Gasteiger partial charge in [0.25, 0.3) is 5.69 Å². The Morgan fingerprint density at radius 2 is 1.79 bits per heavy atom. The average Bonchev–Trinajstić information content (AvgIpc) is 3.07. The molecule has 0 amide bonds. The maximum Gasteiger partial charge on any atom is 0.280 e. The van der Waals surface area contributed by atoms with Gasteiger partial charge in [-0.25, -0.2) is 0 Å². The zero-order valence-corrected chi connectivity index (χ0v) is 17.6. The van der Waals surface area contributed by atoms with E-state index in [4.69, 9.17) is 0 Å². The minimum absolute atomic E-state index is 0.0339. The molecule has 1 aromatic heterocycles. The highest BCUT2D eigenvalue weighted by Gasteiger charge is 2.41. The Bertz CT molecular complexity index is 835. The molecule has 0 aliphatic heterocycles. The monoisotopic (exact) mass is 384 g/mol. The van der Waals surface area contributed by atoms with E-state index < -0.39 is 0 Å². The Hall–Kier alpha value is -2.24. The van der Waals surface area contributed by atoms with Crippen LogP contribution in [0.5, 0.6) is 0 Å². The van der Waals surface area contributed by atoms with Gasteiger partial charge in [-0.15, -0.1) is 10.2 Å². The lowest BCUT2D eigenvalue weighted by Crippen LogP contribution is -2.35. The fourth-order valence-corrected chi connectivity index (χ4v) is 4.59. The molecule has 3 rings (SSSR count). The van der Waals surface area contributed by atoms with Crippen LogP contribution in [0.3, 0.4) is 0 Å². The first-order valence-electron chi connectivity index (χ1n) is 10.4. The first-order chi connectivity index (χ1) is 13.3. The lowest BCUT2D eigenvalue weighted by Gasteiger charge is -2.42. The van der Waals surface area contributed by atoms with Crippen LogP contribution in [0.2, 0.25) is 0 Å². The molecule has 1 aliphatic carbocycles. The van der Waals surface area contributed by atoms with Crippen molar-refractivity contribution in [2.75, 3.05) is 0 Å². The predicted molar refractivity (Wildman–Crippen MR) is 111 cm³/mol. The molecular formula is C22H32N4O2. The van der Waals surface area contributed by atoms with E-state index in [-0.39, 0.29) is 16.0 Å². The van der Waals surface area contributed by atoms with Crippen LogP contribution in [0.25, 0.3) is 11.4 Å². The van der Waals surface area contributed by atoms with Crippen molar-refractivity contribution in [2.45, 2.75) is 77.6 Å². The molecule has 1 aliphatic rings. The van der Waals surface area contributed by atoms with Gasteiger partial charge >= 0.3 is 0 Å². The van der Waals surface area contributed by atoms with Crippen LogP contribution in [0, 0.1) is 15.5 Å². The molecule has 1 saturated carbocycles. The van der Waals surface area contributed by atoms with E-state index in [2.05, 4.69) is 31.0 Å². The van der Waals surface area contributed by atoms with Gasteiger partial charge in [0.15, 0.2) is 5.82 Å². The van der Waals surface area contributed by atoms with E-state index in [0.29, 0.717) is 16.8 Å². The van der Waals surface area contributed by atoms with Crippen molar-refractivity contribution in [2.24, 2.45) is 12.5 Å². The van der Waals surface area contributed by atoms with Gasteiger partial charge in [-0.1, -0.05) is 52.2 Å². The summed E-state index contributed by atoms with van der Waals surface area (Å²) in [5.41, 5.74) is 0.988. The van der Waals surface area contributed by atoms with Crippen molar-refractivity contribution >= 4 is 5.69 Å². The van der Waals surface area contributed by atoms with Gasteiger partial charge in [-0.05, 0) is 43.6 Å². The van der Waals surface area contributed by atoms with E-state index in [1.165, 1.54) is 44.6 Å². The number of para-hydroxylation sites is 1. The summed E-state index contributed by atoms with van der Waals surface area (Å²) in [5, 5.41) is 20.3. The third-order valence-corrected chi connectivity index (χ3v) is 6.70. The van der Waals surface area contributed by atoms with E-state index in [1.54, 1.807) is 18.2 Å². The number of aromatic nitrogens is 3. The Labute approximate surface area is 167 Å². The number of nitro groups is 1. The summed E-state index contributed by atoms with van der Waals surface area (Å²) in [5.74, 6) is 1.51. The Morgan fingerprint density at radius 1 is 1.11 bits per heavy atom. The van der Waals surface area contributed by atoms with Gasteiger partial charge in [0.05, 0.1) is 10.5 Å². The molecule has 0 saturated heterocycles. The molecule has 0 bridgehead atoms. The predicted octanol–water partition coefficient (Wildman–Crippen LogP) is 5.81. The van der Waals surface area contributed by atoms with Crippen LogP contribution in [0.4, 0.5) is 5.69 Å². The van der Waals surface area contributed by atoms with Crippen LogP contribution in [0.15, 0.2) is 24.3 Å². The van der Waals surface area contributed by atoms with Crippen LogP contribution in [-0.2, 0) is 12.5 Å². The third kappa shape index (κ3) is 3.96. The molecule has 6 nitrogen and oxygen atoms in total. The topological polar surface area (TPSA) is 73.8 Å². The van der Waals surface area contributed by atoms with Crippen molar-refractivity contribution in [1.29, 1.82) is 0 Å². The quantitative estimate of drug-likeness (QED) is 0.343.